The van der Waals surface area contributed by atoms with E-state index in [-0.39, 0.29) is 10.4 Å². The number of imidazole rings is 1. The Morgan fingerprint density at radius 2 is 2.00 bits per heavy atom. The van der Waals surface area contributed by atoms with Gasteiger partial charge in [0.05, 0.1) is 27.1 Å². The Kier molecular flexibility index (Phi) is 4.12. The van der Waals surface area contributed by atoms with Crippen LogP contribution in [0.4, 0.5) is 4.39 Å². The SMILES string of the molecule is CC(Cl)c1nc2cc(I)ccc2n1-c1ccc(Cl)c(F)c1. The molecule has 1 aromatic heterocycles. The van der Waals surface area contributed by atoms with Gasteiger partial charge in [-0.1, -0.05) is 11.6 Å². The Balaban J connectivity index is 2.33. The molecular formula is C15H10Cl2FIN2. The summed E-state index contributed by atoms with van der Waals surface area (Å²) in [6, 6.07) is 10.6. The number of alkyl halides is 1. The molecule has 3 aromatic rings. The van der Waals surface area contributed by atoms with E-state index in [9.17, 15) is 4.39 Å². The van der Waals surface area contributed by atoms with Crippen LogP contribution in [0.3, 0.4) is 0 Å². The minimum absolute atomic E-state index is 0.0955. The van der Waals surface area contributed by atoms with E-state index in [4.69, 9.17) is 23.2 Å². The first-order valence-electron chi connectivity index (χ1n) is 6.25. The Morgan fingerprint density at radius 1 is 1.24 bits per heavy atom. The highest BCUT2D eigenvalue weighted by atomic mass is 127. The summed E-state index contributed by atoms with van der Waals surface area (Å²) in [5.41, 5.74) is 2.38. The summed E-state index contributed by atoms with van der Waals surface area (Å²) in [5, 5.41) is -0.202. The molecular weight excluding hydrogens is 425 g/mol. The summed E-state index contributed by atoms with van der Waals surface area (Å²) in [7, 11) is 0. The predicted octanol–water partition coefficient (Wildman–Crippen LogP) is 5.72. The molecule has 1 unspecified atom stereocenters. The molecule has 0 aliphatic carbocycles. The molecule has 21 heavy (non-hydrogen) atoms. The van der Waals surface area contributed by atoms with Gasteiger partial charge in [-0.2, -0.15) is 0 Å². The summed E-state index contributed by atoms with van der Waals surface area (Å²) >= 11 is 14.2. The molecule has 0 spiro atoms. The number of fused-ring (bicyclic) bond motifs is 1. The fourth-order valence-corrected chi connectivity index (χ4v) is 2.97. The third-order valence-electron chi connectivity index (χ3n) is 3.16. The van der Waals surface area contributed by atoms with E-state index in [2.05, 4.69) is 27.6 Å². The van der Waals surface area contributed by atoms with Crippen LogP contribution in [0, 0.1) is 9.39 Å². The van der Waals surface area contributed by atoms with Gasteiger partial charge in [0.1, 0.15) is 11.6 Å². The molecule has 0 saturated heterocycles. The smallest absolute Gasteiger partial charge is 0.143 e. The molecule has 0 radical (unpaired) electrons. The van der Waals surface area contributed by atoms with Crippen molar-refractivity contribution in [1.29, 1.82) is 0 Å². The molecule has 6 heteroatoms. The molecule has 2 nitrogen and oxygen atoms in total. The van der Waals surface area contributed by atoms with Crippen LogP contribution in [0.25, 0.3) is 16.7 Å². The molecule has 0 amide bonds. The lowest BCUT2D eigenvalue weighted by atomic mass is 10.2. The molecule has 2 aromatic carbocycles. The highest BCUT2D eigenvalue weighted by Crippen LogP contribution is 2.30. The van der Waals surface area contributed by atoms with Gasteiger partial charge in [0.25, 0.3) is 0 Å². The number of rotatable bonds is 2. The molecule has 108 valence electrons. The highest BCUT2D eigenvalue weighted by Gasteiger charge is 2.17. The number of halogens is 4. The van der Waals surface area contributed by atoms with Crippen LogP contribution < -0.4 is 0 Å². The lowest BCUT2D eigenvalue weighted by molar-refractivity contribution is 0.627. The standard InChI is InChI=1S/C15H10Cl2FIN2/c1-8(16)15-20-13-6-9(19)2-5-14(13)21(15)10-3-4-11(17)12(18)7-10/h2-8H,1H3. The molecule has 3 rings (SSSR count). The van der Waals surface area contributed by atoms with Crippen LogP contribution in [-0.4, -0.2) is 9.55 Å². The normalized spacial score (nSPS) is 12.8. The third-order valence-corrected chi connectivity index (χ3v) is 4.33. The Morgan fingerprint density at radius 3 is 2.67 bits per heavy atom. The van der Waals surface area contributed by atoms with E-state index >= 15 is 0 Å². The number of hydrogen-bond acceptors (Lipinski definition) is 1. The molecule has 1 heterocycles. The van der Waals surface area contributed by atoms with Crippen molar-refractivity contribution >= 4 is 56.8 Å². The minimum Gasteiger partial charge on any atom is -0.295 e. The fourth-order valence-electron chi connectivity index (χ4n) is 2.23. The first-order valence-corrected chi connectivity index (χ1v) is 8.14. The molecule has 0 aliphatic heterocycles. The van der Waals surface area contributed by atoms with Crippen LogP contribution in [-0.2, 0) is 0 Å². The molecule has 0 aliphatic rings. The van der Waals surface area contributed by atoms with Gasteiger partial charge in [-0.15, -0.1) is 11.6 Å². The van der Waals surface area contributed by atoms with E-state index < -0.39 is 5.82 Å². The van der Waals surface area contributed by atoms with Crippen molar-refractivity contribution in [3.05, 3.63) is 56.6 Å². The average molecular weight is 435 g/mol. The lowest BCUT2D eigenvalue weighted by Crippen LogP contribution is -2.02. The summed E-state index contributed by atoms with van der Waals surface area (Å²) in [4.78, 5) is 4.57. The maximum absolute atomic E-state index is 13.8. The van der Waals surface area contributed by atoms with E-state index in [1.54, 1.807) is 6.07 Å². The van der Waals surface area contributed by atoms with Gasteiger partial charge in [-0.25, -0.2) is 9.37 Å². The molecule has 0 fully saturated rings. The van der Waals surface area contributed by atoms with Crippen LogP contribution in [0.5, 0.6) is 0 Å². The van der Waals surface area contributed by atoms with Crippen molar-refractivity contribution in [3.63, 3.8) is 0 Å². The first kappa shape index (κ1) is 15.1. The average Bonchev–Trinajstić information content (AvgIpc) is 2.80. The van der Waals surface area contributed by atoms with Gasteiger partial charge in [-0.05, 0) is 65.9 Å². The van der Waals surface area contributed by atoms with E-state index in [0.717, 1.165) is 14.6 Å². The fraction of sp³-hybridized carbons (Fsp3) is 0.133. The lowest BCUT2D eigenvalue weighted by Gasteiger charge is -2.11. The van der Waals surface area contributed by atoms with Crippen molar-refractivity contribution in [3.8, 4) is 5.69 Å². The molecule has 0 N–H and O–H groups in total. The first-order chi connectivity index (χ1) is 9.97. The minimum atomic E-state index is -0.463. The highest BCUT2D eigenvalue weighted by molar-refractivity contribution is 14.1. The van der Waals surface area contributed by atoms with Gasteiger partial charge < -0.3 is 0 Å². The zero-order valence-corrected chi connectivity index (χ0v) is 14.6. The second kappa shape index (κ2) is 5.74. The third kappa shape index (κ3) is 2.76. The number of benzene rings is 2. The molecule has 0 saturated carbocycles. The monoisotopic (exact) mass is 434 g/mol. The van der Waals surface area contributed by atoms with E-state index in [0.29, 0.717) is 11.5 Å². The van der Waals surface area contributed by atoms with Crippen LogP contribution in [0.2, 0.25) is 5.02 Å². The van der Waals surface area contributed by atoms with Crippen molar-refractivity contribution in [1.82, 2.24) is 9.55 Å². The van der Waals surface area contributed by atoms with Crippen molar-refractivity contribution in [2.75, 3.05) is 0 Å². The summed E-state index contributed by atoms with van der Waals surface area (Å²) in [6.07, 6.45) is 0. The van der Waals surface area contributed by atoms with Gasteiger partial charge >= 0.3 is 0 Å². The van der Waals surface area contributed by atoms with E-state index in [1.807, 2.05) is 29.7 Å². The van der Waals surface area contributed by atoms with Crippen LogP contribution >= 0.6 is 45.8 Å². The number of hydrogen-bond donors (Lipinski definition) is 0. The summed E-state index contributed by atoms with van der Waals surface area (Å²) in [6.45, 7) is 1.84. The number of aromatic nitrogens is 2. The Bertz CT molecular complexity index is 830. The van der Waals surface area contributed by atoms with Crippen molar-refractivity contribution < 1.29 is 4.39 Å². The zero-order valence-electron chi connectivity index (χ0n) is 10.9. The molecule has 1 atom stereocenters. The molecule has 0 bridgehead atoms. The Hall–Kier alpha value is -0.850. The second-order valence-corrected chi connectivity index (χ2v) is 6.96. The number of nitrogens with zero attached hydrogens (tertiary/aromatic N) is 2. The maximum Gasteiger partial charge on any atom is 0.143 e. The van der Waals surface area contributed by atoms with Gasteiger partial charge in [0.2, 0.25) is 0 Å². The maximum atomic E-state index is 13.8. The van der Waals surface area contributed by atoms with Gasteiger partial charge in [-0.3, -0.25) is 4.57 Å². The van der Waals surface area contributed by atoms with Crippen molar-refractivity contribution in [2.45, 2.75) is 12.3 Å². The zero-order chi connectivity index (χ0) is 15.1. The Labute approximate surface area is 145 Å². The van der Waals surface area contributed by atoms with E-state index in [1.165, 1.54) is 12.1 Å². The van der Waals surface area contributed by atoms with Crippen LogP contribution in [0.1, 0.15) is 18.1 Å². The predicted molar refractivity (Wildman–Crippen MR) is 93.0 cm³/mol. The quantitative estimate of drug-likeness (QED) is 0.372. The van der Waals surface area contributed by atoms with Crippen molar-refractivity contribution in [2.24, 2.45) is 0 Å². The van der Waals surface area contributed by atoms with Crippen LogP contribution in [0.15, 0.2) is 36.4 Å². The van der Waals surface area contributed by atoms with Gasteiger partial charge in [0, 0.05) is 3.57 Å². The summed E-state index contributed by atoms with van der Waals surface area (Å²) in [5.74, 6) is 0.213. The second-order valence-electron chi connectivity index (χ2n) is 4.65. The largest absolute Gasteiger partial charge is 0.295 e. The topological polar surface area (TPSA) is 17.8 Å². The summed E-state index contributed by atoms with van der Waals surface area (Å²) < 4.78 is 16.7. The van der Waals surface area contributed by atoms with Gasteiger partial charge in [0.15, 0.2) is 0 Å².